The molecule has 0 aromatic rings. The summed E-state index contributed by atoms with van der Waals surface area (Å²) in [5, 5.41) is 37.9. The maximum atomic E-state index is 11.1. The zero-order valence-electron chi connectivity index (χ0n) is 9.53. The Morgan fingerprint density at radius 1 is 1.22 bits per heavy atom. The summed E-state index contributed by atoms with van der Waals surface area (Å²) in [6, 6.07) is 0. The Hall–Kier alpha value is -0.870. The number of Topliss-reactive ketones (excluding diaryl/α,β-unsaturated/α-hetero) is 1. The van der Waals surface area contributed by atoms with E-state index in [1.54, 1.807) is 0 Å². The highest BCUT2D eigenvalue weighted by atomic mass is 79.9. The average molecular weight is 329 g/mol. The molecule has 0 saturated carbocycles. The summed E-state index contributed by atoms with van der Waals surface area (Å²) < 4.78 is 2.78. The minimum absolute atomic E-state index is 0.791. The van der Waals surface area contributed by atoms with Gasteiger partial charge >= 0.3 is 5.97 Å². The van der Waals surface area contributed by atoms with Crippen molar-refractivity contribution in [2.45, 2.75) is 30.8 Å². The van der Waals surface area contributed by atoms with Crippen LogP contribution in [0.2, 0.25) is 0 Å². The van der Waals surface area contributed by atoms with Crippen molar-refractivity contribution < 1.29 is 39.5 Å². The normalized spacial score (nSPS) is 19.3. The van der Waals surface area contributed by atoms with E-state index in [1.807, 2.05) is 0 Å². The number of hydrogen-bond acceptors (Lipinski definition) is 8. The van der Waals surface area contributed by atoms with Crippen LogP contribution in [-0.4, -0.2) is 67.9 Å². The molecule has 0 bridgehead atoms. The van der Waals surface area contributed by atoms with E-state index in [0.717, 1.165) is 14.0 Å². The van der Waals surface area contributed by atoms with Crippen molar-refractivity contribution >= 4 is 32.4 Å². The molecule has 0 spiro atoms. The van der Waals surface area contributed by atoms with Crippen LogP contribution in [-0.2, 0) is 19.1 Å². The third kappa shape index (κ3) is 3.12. The van der Waals surface area contributed by atoms with Gasteiger partial charge in [-0.15, -0.1) is 0 Å². The summed E-state index contributed by atoms with van der Waals surface area (Å²) in [4.78, 5) is 33.2. The molecule has 9 heteroatoms. The molecule has 0 aliphatic carbocycles. The average Bonchev–Trinajstić information content (AvgIpc) is 2.33. The van der Waals surface area contributed by atoms with E-state index in [-0.39, 0.29) is 0 Å². The van der Waals surface area contributed by atoms with E-state index in [2.05, 4.69) is 20.7 Å². The quantitative estimate of drug-likeness (QED) is 0.238. The number of rotatable bonds is 6. The lowest BCUT2D eigenvalue weighted by Crippen LogP contribution is -2.61. The molecule has 0 radical (unpaired) electrons. The van der Waals surface area contributed by atoms with Crippen molar-refractivity contribution in [1.29, 1.82) is 0 Å². The van der Waals surface area contributed by atoms with Crippen molar-refractivity contribution in [2.75, 3.05) is 7.11 Å². The van der Waals surface area contributed by atoms with Gasteiger partial charge in [-0.3, -0.25) is 9.59 Å². The largest absolute Gasteiger partial charge is 0.467 e. The number of hydrogen-bond donors (Lipinski definition) is 4. The monoisotopic (exact) mass is 328 g/mol. The Bertz CT molecular complexity index is 340. The minimum Gasteiger partial charge on any atom is -0.467 e. The molecule has 0 saturated heterocycles. The van der Waals surface area contributed by atoms with E-state index in [9.17, 15) is 34.8 Å². The Morgan fingerprint density at radius 2 is 1.67 bits per heavy atom. The molecule has 0 aromatic heterocycles. The Kier molecular flexibility index (Phi) is 6.04. The summed E-state index contributed by atoms with van der Waals surface area (Å²) in [5.74, 6) is -2.47. The highest BCUT2D eigenvalue weighted by Crippen LogP contribution is 2.22. The van der Waals surface area contributed by atoms with Crippen LogP contribution in [0.15, 0.2) is 0 Å². The number of ketones is 1. The van der Waals surface area contributed by atoms with Gasteiger partial charge in [0.2, 0.25) is 10.3 Å². The van der Waals surface area contributed by atoms with Gasteiger partial charge in [-0.25, -0.2) is 4.79 Å². The van der Waals surface area contributed by atoms with E-state index in [1.165, 1.54) is 0 Å². The highest BCUT2D eigenvalue weighted by Gasteiger charge is 2.52. The Morgan fingerprint density at radius 3 is 1.94 bits per heavy atom. The highest BCUT2D eigenvalue weighted by molar-refractivity contribution is 9.18. The van der Waals surface area contributed by atoms with Crippen LogP contribution in [0.25, 0.3) is 0 Å². The predicted octanol–water partition coefficient (Wildman–Crippen LogP) is -2.52. The lowest BCUT2D eigenvalue weighted by molar-refractivity contribution is -0.182. The number of aliphatic hydroxyl groups is 4. The summed E-state index contributed by atoms with van der Waals surface area (Å²) in [7, 11) is 0.914. The zero-order valence-corrected chi connectivity index (χ0v) is 11.1. The third-order valence-electron chi connectivity index (χ3n) is 2.35. The van der Waals surface area contributed by atoms with Gasteiger partial charge in [0, 0.05) is 0 Å². The topological polar surface area (TPSA) is 141 Å². The fraction of sp³-hybridized carbons (Fsp3) is 0.667. The van der Waals surface area contributed by atoms with Gasteiger partial charge in [-0.1, -0.05) is 0 Å². The van der Waals surface area contributed by atoms with E-state index in [0.29, 0.717) is 0 Å². The number of carbonyl (C=O) groups is 3. The number of carbonyl (C=O) groups excluding carboxylic acids is 3. The van der Waals surface area contributed by atoms with Crippen LogP contribution in [0.5, 0.6) is 0 Å². The standard InChI is InChI=1S/C9H13BrO8/c1-3(11)9(17,8(10)16)6(14)4(12)5(13)7(15)18-2/h4-6,12-14,17H,1-2H3/t4-,5+,6+,9-/m1/s1. The van der Waals surface area contributed by atoms with E-state index in [4.69, 9.17) is 0 Å². The van der Waals surface area contributed by atoms with Crippen LogP contribution < -0.4 is 0 Å². The molecule has 0 amide bonds. The van der Waals surface area contributed by atoms with Crippen molar-refractivity contribution in [3.8, 4) is 0 Å². The number of ether oxygens (including phenoxy) is 1. The van der Waals surface area contributed by atoms with Gasteiger partial charge in [-0.05, 0) is 22.9 Å². The molecule has 4 atom stereocenters. The molecular formula is C9H13BrO8. The van der Waals surface area contributed by atoms with Gasteiger partial charge in [0.15, 0.2) is 11.9 Å². The van der Waals surface area contributed by atoms with Gasteiger partial charge in [0.1, 0.15) is 12.2 Å². The molecule has 0 aromatic carbocycles. The second-order valence-corrected chi connectivity index (χ2v) is 4.22. The first-order valence-corrected chi connectivity index (χ1v) is 5.45. The minimum atomic E-state index is -2.98. The van der Waals surface area contributed by atoms with Crippen LogP contribution in [0.3, 0.4) is 0 Å². The molecular weight excluding hydrogens is 316 g/mol. The molecule has 0 fully saturated rings. The molecule has 4 N–H and O–H groups in total. The lowest BCUT2D eigenvalue weighted by Gasteiger charge is -2.31. The summed E-state index contributed by atoms with van der Waals surface area (Å²) >= 11 is 2.29. The smallest absolute Gasteiger partial charge is 0.337 e. The van der Waals surface area contributed by atoms with Crippen LogP contribution in [0.4, 0.5) is 0 Å². The van der Waals surface area contributed by atoms with Crippen molar-refractivity contribution in [2.24, 2.45) is 0 Å². The Labute approximate surface area is 110 Å². The first-order valence-electron chi connectivity index (χ1n) is 4.66. The summed E-state index contributed by atoms with van der Waals surface area (Å²) in [6.45, 7) is 0.791. The van der Waals surface area contributed by atoms with Crippen LogP contribution in [0, 0.1) is 0 Å². The second-order valence-electron chi connectivity index (χ2n) is 3.50. The van der Waals surface area contributed by atoms with Crippen LogP contribution in [0.1, 0.15) is 6.92 Å². The molecule has 0 unspecified atom stereocenters. The maximum absolute atomic E-state index is 11.1. The molecule has 18 heavy (non-hydrogen) atoms. The summed E-state index contributed by atoms with van der Waals surface area (Å²) in [6.07, 6.45) is -6.91. The fourth-order valence-corrected chi connectivity index (χ4v) is 1.66. The van der Waals surface area contributed by atoms with Crippen molar-refractivity contribution in [3.63, 3.8) is 0 Å². The van der Waals surface area contributed by atoms with E-state index >= 15 is 0 Å². The molecule has 0 heterocycles. The zero-order chi connectivity index (χ0) is 14.7. The molecule has 0 aliphatic rings. The van der Waals surface area contributed by atoms with Crippen molar-refractivity contribution in [3.05, 3.63) is 0 Å². The molecule has 0 aliphatic heterocycles. The SMILES string of the molecule is COC(=O)[C@@H](O)[C@@H](O)[C@H](O)[C@](O)(C(C)=O)C(=O)Br. The van der Waals surface area contributed by atoms with Crippen molar-refractivity contribution in [1.82, 2.24) is 0 Å². The number of aliphatic hydroxyl groups excluding tert-OH is 3. The lowest BCUT2D eigenvalue weighted by atomic mass is 9.88. The summed E-state index contributed by atoms with van der Waals surface area (Å²) in [5.41, 5.74) is -2.98. The molecule has 104 valence electrons. The first kappa shape index (κ1) is 17.1. The molecule has 0 rings (SSSR count). The fourth-order valence-electron chi connectivity index (χ4n) is 1.14. The van der Waals surface area contributed by atoms with E-state index < -0.39 is 40.4 Å². The van der Waals surface area contributed by atoms with Crippen LogP contribution >= 0.6 is 15.9 Å². The first-order chi connectivity index (χ1) is 8.10. The van der Waals surface area contributed by atoms with Gasteiger partial charge in [0.05, 0.1) is 7.11 Å². The van der Waals surface area contributed by atoms with Gasteiger partial charge < -0.3 is 25.2 Å². The Balaban J connectivity index is 5.23. The predicted molar refractivity (Wildman–Crippen MR) is 59.6 cm³/mol. The molecule has 8 nitrogen and oxygen atoms in total. The second kappa shape index (κ2) is 6.34. The number of esters is 1. The van der Waals surface area contributed by atoms with Gasteiger partial charge in [0.25, 0.3) is 0 Å². The number of methoxy groups -OCH3 is 1. The van der Waals surface area contributed by atoms with Gasteiger partial charge in [-0.2, -0.15) is 0 Å². The third-order valence-corrected chi connectivity index (χ3v) is 2.96. The number of halogens is 1. The maximum Gasteiger partial charge on any atom is 0.337 e.